The number of anilines is 1. The minimum absolute atomic E-state index is 0.0342. The standard InChI is InChI=1S/C30H29NO12/c1-38-25(32)17-9-7-16(8-10-17)15-20-21(27(34)40-3)22(28(35)41-4)23(29(36)42-5)24(30(37)43-6)31(20)19-13-11-18(12-14-19)26(33)39-2/h7-14,24H,15H2,1-6H3. The van der Waals surface area contributed by atoms with Gasteiger partial charge in [-0.05, 0) is 42.0 Å². The van der Waals surface area contributed by atoms with E-state index < -0.39 is 53.0 Å². The van der Waals surface area contributed by atoms with Gasteiger partial charge in [0.1, 0.15) is 0 Å². The van der Waals surface area contributed by atoms with Crippen molar-refractivity contribution < 1.29 is 57.2 Å². The molecule has 13 heteroatoms. The van der Waals surface area contributed by atoms with Crippen molar-refractivity contribution in [2.24, 2.45) is 0 Å². The van der Waals surface area contributed by atoms with Crippen LogP contribution < -0.4 is 4.90 Å². The van der Waals surface area contributed by atoms with Gasteiger partial charge in [-0.25, -0.2) is 28.8 Å². The Morgan fingerprint density at radius 1 is 0.558 bits per heavy atom. The third-order valence-corrected chi connectivity index (χ3v) is 6.55. The minimum atomic E-state index is -1.66. The molecule has 226 valence electrons. The molecule has 2 aromatic rings. The van der Waals surface area contributed by atoms with Gasteiger partial charge in [0.25, 0.3) is 0 Å². The number of ether oxygens (including phenoxy) is 6. The summed E-state index contributed by atoms with van der Waals surface area (Å²) in [5.41, 5.74) is -0.276. The van der Waals surface area contributed by atoms with E-state index in [1.165, 1.54) is 55.5 Å². The molecule has 13 nitrogen and oxygen atoms in total. The normalized spacial score (nSPS) is 14.5. The van der Waals surface area contributed by atoms with Crippen LogP contribution in [-0.4, -0.2) is 84.5 Å². The number of carbonyl (C=O) groups excluding carboxylic acids is 6. The number of hydrogen-bond acceptors (Lipinski definition) is 13. The van der Waals surface area contributed by atoms with Crippen molar-refractivity contribution in [2.45, 2.75) is 12.5 Å². The monoisotopic (exact) mass is 595 g/mol. The molecule has 0 saturated carbocycles. The van der Waals surface area contributed by atoms with Gasteiger partial charge < -0.3 is 33.3 Å². The first-order chi connectivity index (χ1) is 20.6. The summed E-state index contributed by atoms with van der Waals surface area (Å²) in [6.07, 6.45) is -0.132. The predicted molar refractivity (Wildman–Crippen MR) is 148 cm³/mol. The maximum Gasteiger partial charge on any atom is 0.340 e. The van der Waals surface area contributed by atoms with Crippen LogP contribution in [0.2, 0.25) is 0 Å². The van der Waals surface area contributed by atoms with E-state index in [1.54, 1.807) is 12.1 Å². The van der Waals surface area contributed by atoms with Crippen molar-refractivity contribution in [1.29, 1.82) is 0 Å². The lowest BCUT2D eigenvalue weighted by atomic mass is 9.85. The topological polar surface area (TPSA) is 161 Å². The van der Waals surface area contributed by atoms with Gasteiger partial charge in [0.15, 0.2) is 6.04 Å². The van der Waals surface area contributed by atoms with E-state index in [1.807, 2.05) is 0 Å². The summed E-state index contributed by atoms with van der Waals surface area (Å²) in [5, 5.41) is 0. The van der Waals surface area contributed by atoms with E-state index in [0.29, 0.717) is 5.56 Å². The molecule has 0 amide bonds. The lowest BCUT2D eigenvalue weighted by molar-refractivity contribution is -0.145. The zero-order valence-electron chi connectivity index (χ0n) is 24.2. The first-order valence-corrected chi connectivity index (χ1v) is 12.5. The highest BCUT2D eigenvalue weighted by atomic mass is 16.5. The molecule has 43 heavy (non-hydrogen) atoms. The summed E-state index contributed by atoms with van der Waals surface area (Å²) < 4.78 is 29.4. The van der Waals surface area contributed by atoms with Gasteiger partial charge >= 0.3 is 35.8 Å². The van der Waals surface area contributed by atoms with E-state index in [2.05, 4.69) is 0 Å². The molecular formula is C30H29NO12. The molecule has 0 fully saturated rings. The molecular weight excluding hydrogens is 566 g/mol. The molecule has 1 aliphatic heterocycles. The quantitative estimate of drug-likeness (QED) is 0.306. The Balaban J connectivity index is 2.45. The molecule has 1 atom stereocenters. The van der Waals surface area contributed by atoms with Crippen LogP contribution in [0.15, 0.2) is 70.9 Å². The van der Waals surface area contributed by atoms with Crippen molar-refractivity contribution in [3.63, 3.8) is 0 Å². The highest BCUT2D eigenvalue weighted by Gasteiger charge is 2.48. The van der Waals surface area contributed by atoms with Crippen molar-refractivity contribution in [3.8, 4) is 0 Å². The summed E-state index contributed by atoms with van der Waals surface area (Å²) in [5.74, 6) is -5.45. The Morgan fingerprint density at radius 2 is 1.00 bits per heavy atom. The first kappa shape index (κ1) is 32.1. The number of nitrogens with zero attached hydrogens (tertiary/aromatic N) is 1. The summed E-state index contributed by atoms with van der Waals surface area (Å²) in [7, 11) is 6.68. The second kappa shape index (κ2) is 13.9. The van der Waals surface area contributed by atoms with E-state index in [4.69, 9.17) is 28.4 Å². The van der Waals surface area contributed by atoms with Crippen LogP contribution in [0, 0.1) is 0 Å². The fourth-order valence-electron chi connectivity index (χ4n) is 4.54. The zero-order valence-corrected chi connectivity index (χ0v) is 24.2. The van der Waals surface area contributed by atoms with Gasteiger partial charge in [0.2, 0.25) is 0 Å². The highest BCUT2D eigenvalue weighted by molar-refractivity contribution is 6.17. The fraction of sp³-hybridized carbons (Fsp3) is 0.267. The van der Waals surface area contributed by atoms with Gasteiger partial charge in [0, 0.05) is 17.8 Å². The van der Waals surface area contributed by atoms with Gasteiger partial charge in [-0.15, -0.1) is 0 Å². The third kappa shape index (κ3) is 6.40. The Hall–Kier alpha value is -5.46. The van der Waals surface area contributed by atoms with E-state index in [-0.39, 0.29) is 34.5 Å². The van der Waals surface area contributed by atoms with Crippen LogP contribution in [0.3, 0.4) is 0 Å². The van der Waals surface area contributed by atoms with Gasteiger partial charge in [-0.3, -0.25) is 0 Å². The maximum atomic E-state index is 13.4. The maximum absolute atomic E-state index is 13.4. The lowest BCUT2D eigenvalue weighted by Crippen LogP contribution is -2.50. The molecule has 0 radical (unpaired) electrons. The predicted octanol–water partition coefficient (Wildman–Crippen LogP) is 1.93. The molecule has 0 aliphatic carbocycles. The van der Waals surface area contributed by atoms with E-state index in [9.17, 15) is 28.8 Å². The van der Waals surface area contributed by atoms with Crippen molar-refractivity contribution in [1.82, 2.24) is 0 Å². The van der Waals surface area contributed by atoms with Crippen molar-refractivity contribution in [3.05, 3.63) is 87.6 Å². The summed E-state index contributed by atoms with van der Waals surface area (Å²) in [6.45, 7) is 0. The molecule has 1 heterocycles. The minimum Gasteiger partial charge on any atom is -0.467 e. The number of allylic oxidation sites excluding steroid dienone is 1. The van der Waals surface area contributed by atoms with Crippen LogP contribution in [0.5, 0.6) is 0 Å². The SMILES string of the molecule is COC(=O)C1=C(C(=O)OC)C(C(=O)OC)N(c2ccc(C(=O)OC)cc2)C(Cc2ccc(C(=O)OC)cc2)=C1C(=O)OC. The molecule has 0 aromatic heterocycles. The van der Waals surface area contributed by atoms with Crippen molar-refractivity contribution in [2.75, 3.05) is 47.6 Å². The zero-order chi connectivity index (χ0) is 31.8. The van der Waals surface area contributed by atoms with Crippen LogP contribution in [-0.2, 0) is 54.0 Å². The molecule has 2 aromatic carbocycles. The van der Waals surface area contributed by atoms with Gasteiger partial charge in [-0.1, -0.05) is 12.1 Å². The number of carbonyl (C=O) groups is 6. The lowest BCUT2D eigenvalue weighted by Gasteiger charge is -2.39. The Labute approximate surface area is 246 Å². The van der Waals surface area contributed by atoms with E-state index >= 15 is 0 Å². The molecule has 0 bridgehead atoms. The molecule has 0 N–H and O–H groups in total. The van der Waals surface area contributed by atoms with Crippen LogP contribution >= 0.6 is 0 Å². The van der Waals surface area contributed by atoms with Crippen LogP contribution in [0.4, 0.5) is 5.69 Å². The van der Waals surface area contributed by atoms with E-state index in [0.717, 1.165) is 28.4 Å². The molecule has 0 saturated heterocycles. The van der Waals surface area contributed by atoms with Gasteiger partial charge in [-0.2, -0.15) is 0 Å². The molecule has 1 unspecified atom stereocenters. The third-order valence-electron chi connectivity index (χ3n) is 6.55. The van der Waals surface area contributed by atoms with Gasteiger partial charge in [0.05, 0.1) is 70.5 Å². The number of hydrogen-bond donors (Lipinski definition) is 0. The molecule has 3 rings (SSSR count). The number of benzene rings is 2. The second-order valence-corrected chi connectivity index (χ2v) is 8.78. The van der Waals surface area contributed by atoms with Crippen LogP contribution in [0.25, 0.3) is 0 Å². The van der Waals surface area contributed by atoms with Crippen molar-refractivity contribution >= 4 is 41.5 Å². The number of methoxy groups -OCH3 is 6. The van der Waals surface area contributed by atoms with Crippen LogP contribution in [0.1, 0.15) is 26.3 Å². The summed E-state index contributed by atoms with van der Waals surface area (Å²) in [4.78, 5) is 78.7. The summed E-state index contributed by atoms with van der Waals surface area (Å²) >= 11 is 0. The Morgan fingerprint density at radius 3 is 1.44 bits per heavy atom. The molecule has 0 spiro atoms. The molecule has 1 aliphatic rings. The Bertz CT molecular complexity index is 1500. The largest absolute Gasteiger partial charge is 0.467 e. The highest BCUT2D eigenvalue weighted by Crippen LogP contribution is 2.40. The smallest absolute Gasteiger partial charge is 0.340 e. The first-order valence-electron chi connectivity index (χ1n) is 12.5. The number of esters is 6. The average Bonchev–Trinajstić information content (AvgIpc) is 3.05. The fourth-order valence-corrected chi connectivity index (χ4v) is 4.54. The Kier molecular flexibility index (Phi) is 10.4. The average molecular weight is 596 g/mol. The summed E-state index contributed by atoms with van der Waals surface area (Å²) in [6, 6.07) is 10.2. The second-order valence-electron chi connectivity index (χ2n) is 8.78. The number of rotatable bonds is 9.